The fraction of sp³-hybridized carbons (Fsp3) is 0.579. The molecule has 4 aliphatic rings. The summed E-state index contributed by atoms with van der Waals surface area (Å²) in [5, 5.41) is 3.26. The molecule has 24 heavy (non-hydrogen) atoms. The van der Waals surface area contributed by atoms with E-state index in [0.717, 1.165) is 30.9 Å². The lowest BCUT2D eigenvalue weighted by Crippen LogP contribution is -2.57. The van der Waals surface area contributed by atoms with Gasteiger partial charge in [0, 0.05) is 18.0 Å². The smallest absolute Gasteiger partial charge is 0.253 e. The average molecular weight is 325 g/mol. The minimum Gasteiger partial charge on any atom is -0.440 e. The van der Waals surface area contributed by atoms with Crippen LogP contribution in [-0.2, 0) is 5.41 Å². The molecule has 126 valence electrons. The van der Waals surface area contributed by atoms with Crippen LogP contribution in [0.5, 0.6) is 0 Å². The Labute approximate surface area is 141 Å². The third kappa shape index (κ3) is 2.25. The number of piperidine rings is 3. The zero-order chi connectivity index (χ0) is 16.3. The van der Waals surface area contributed by atoms with Crippen molar-refractivity contribution in [3.63, 3.8) is 0 Å². The maximum absolute atomic E-state index is 12.9. The molecule has 4 fully saturated rings. The van der Waals surface area contributed by atoms with Crippen LogP contribution in [0.15, 0.2) is 22.6 Å². The number of oxazole rings is 1. The molecule has 4 heterocycles. The SMILES string of the molecule is CC1(c2nc3c(C(=O)NC4CN5CCC4CC5)cccc3o2)CC1. The van der Waals surface area contributed by atoms with Gasteiger partial charge < -0.3 is 14.6 Å². The number of hydrogen-bond donors (Lipinski definition) is 1. The first-order valence-corrected chi connectivity index (χ1v) is 9.06. The Kier molecular flexibility index (Phi) is 3.05. The fourth-order valence-electron chi connectivity index (χ4n) is 4.17. The van der Waals surface area contributed by atoms with Crippen molar-refractivity contribution in [2.75, 3.05) is 19.6 Å². The van der Waals surface area contributed by atoms with Crippen molar-refractivity contribution in [3.8, 4) is 0 Å². The summed E-state index contributed by atoms with van der Waals surface area (Å²) < 4.78 is 5.93. The maximum atomic E-state index is 12.9. The minimum atomic E-state index is -0.0138. The number of carbonyl (C=O) groups is 1. The maximum Gasteiger partial charge on any atom is 0.253 e. The highest BCUT2D eigenvalue weighted by Crippen LogP contribution is 2.47. The van der Waals surface area contributed by atoms with Crippen LogP contribution in [0.3, 0.4) is 0 Å². The van der Waals surface area contributed by atoms with Crippen molar-refractivity contribution in [3.05, 3.63) is 29.7 Å². The molecule has 1 N–H and O–H groups in total. The molecule has 2 aromatic rings. The quantitative estimate of drug-likeness (QED) is 0.943. The van der Waals surface area contributed by atoms with Gasteiger partial charge >= 0.3 is 0 Å². The molecule has 3 aliphatic heterocycles. The number of amides is 1. The van der Waals surface area contributed by atoms with Gasteiger partial charge in [-0.05, 0) is 56.8 Å². The van der Waals surface area contributed by atoms with Gasteiger partial charge in [-0.25, -0.2) is 4.98 Å². The van der Waals surface area contributed by atoms with Crippen LogP contribution in [0.1, 0.15) is 48.9 Å². The number of nitrogens with one attached hydrogen (secondary N) is 1. The van der Waals surface area contributed by atoms with Crippen molar-refractivity contribution in [2.24, 2.45) is 5.92 Å². The highest BCUT2D eigenvalue weighted by Gasteiger charge is 2.44. The van der Waals surface area contributed by atoms with Crippen molar-refractivity contribution in [2.45, 2.75) is 44.1 Å². The van der Waals surface area contributed by atoms with E-state index in [1.807, 2.05) is 18.2 Å². The summed E-state index contributed by atoms with van der Waals surface area (Å²) in [6.45, 7) is 5.51. The summed E-state index contributed by atoms with van der Waals surface area (Å²) in [5.74, 6) is 1.39. The molecular weight excluding hydrogens is 302 g/mol. The van der Waals surface area contributed by atoms with Gasteiger partial charge in [-0.1, -0.05) is 13.0 Å². The molecule has 2 bridgehead atoms. The lowest BCUT2D eigenvalue weighted by Gasteiger charge is -2.44. The van der Waals surface area contributed by atoms with E-state index in [2.05, 4.69) is 22.1 Å². The number of aromatic nitrogens is 1. The summed E-state index contributed by atoms with van der Waals surface area (Å²) in [4.78, 5) is 20.0. The van der Waals surface area contributed by atoms with Gasteiger partial charge in [0.25, 0.3) is 5.91 Å². The largest absolute Gasteiger partial charge is 0.440 e. The van der Waals surface area contributed by atoms with Crippen LogP contribution in [0.4, 0.5) is 0 Å². The highest BCUT2D eigenvalue weighted by molar-refractivity contribution is 6.04. The molecule has 5 heteroatoms. The van der Waals surface area contributed by atoms with Gasteiger partial charge in [0.05, 0.1) is 5.56 Å². The van der Waals surface area contributed by atoms with Crippen LogP contribution in [-0.4, -0.2) is 41.5 Å². The topological polar surface area (TPSA) is 58.4 Å². The van der Waals surface area contributed by atoms with E-state index in [1.165, 1.54) is 25.9 Å². The summed E-state index contributed by atoms with van der Waals surface area (Å²) >= 11 is 0. The second kappa shape index (κ2) is 5.06. The fourth-order valence-corrected chi connectivity index (χ4v) is 4.17. The molecule has 3 saturated heterocycles. The molecule has 0 spiro atoms. The summed E-state index contributed by atoms with van der Waals surface area (Å²) in [5.41, 5.74) is 2.14. The van der Waals surface area contributed by atoms with E-state index in [1.54, 1.807) is 0 Å². The normalized spacial score (nSPS) is 30.5. The third-order valence-corrected chi connectivity index (χ3v) is 6.15. The zero-order valence-electron chi connectivity index (χ0n) is 14.0. The Morgan fingerprint density at radius 1 is 1.33 bits per heavy atom. The Morgan fingerprint density at radius 2 is 2.12 bits per heavy atom. The van der Waals surface area contributed by atoms with E-state index in [-0.39, 0.29) is 17.4 Å². The van der Waals surface area contributed by atoms with Gasteiger partial charge in [0.15, 0.2) is 5.58 Å². The van der Waals surface area contributed by atoms with Crippen molar-refractivity contribution in [1.29, 1.82) is 0 Å². The molecule has 1 atom stereocenters. The molecule has 5 nitrogen and oxygen atoms in total. The summed E-state index contributed by atoms with van der Waals surface area (Å²) in [6, 6.07) is 5.92. The van der Waals surface area contributed by atoms with E-state index in [9.17, 15) is 4.79 Å². The number of fused-ring (bicyclic) bond motifs is 4. The molecule has 1 amide bonds. The molecule has 6 rings (SSSR count). The van der Waals surface area contributed by atoms with E-state index >= 15 is 0 Å². The lowest BCUT2D eigenvalue weighted by atomic mass is 9.84. The Bertz CT molecular complexity index is 800. The highest BCUT2D eigenvalue weighted by atomic mass is 16.3. The minimum absolute atomic E-state index is 0.0138. The number of nitrogens with zero attached hydrogens (tertiary/aromatic N) is 2. The lowest BCUT2D eigenvalue weighted by molar-refractivity contribution is 0.0621. The Morgan fingerprint density at radius 3 is 2.79 bits per heavy atom. The van der Waals surface area contributed by atoms with Gasteiger partial charge in [-0.2, -0.15) is 0 Å². The number of benzene rings is 1. The molecule has 1 unspecified atom stereocenters. The Balaban J connectivity index is 1.43. The summed E-state index contributed by atoms with van der Waals surface area (Å²) in [6.07, 6.45) is 4.62. The van der Waals surface area contributed by atoms with Crippen LogP contribution < -0.4 is 5.32 Å². The van der Waals surface area contributed by atoms with Crippen LogP contribution in [0.2, 0.25) is 0 Å². The molecule has 1 saturated carbocycles. The number of carbonyl (C=O) groups excluding carboxylic acids is 1. The first-order chi connectivity index (χ1) is 11.6. The van der Waals surface area contributed by atoms with E-state index < -0.39 is 0 Å². The second-order valence-corrected chi connectivity index (χ2v) is 7.95. The number of rotatable bonds is 3. The number of para-hydroxylation sites is 1. The first kappa shape index (κ1) is 14.5. The predicted molar refractivity (Wildman–Crippen MR) is 91.0 cm³/mol. The Hall–Kier alpha value is -1.88. The number of hydrogen-bond acceptors (Lipinski definition) is 4. The molecule has 0 radical (unpaired) electrons. The van der Waals surface area contributed by atoms with Gasteiger partial charge in [0.1, 0.15) is 5.52 Å². The van der Waals surface area contributed by atoms with Gasteiger partial charge in [-0.3, -0.25) is 4.79 Å². The van der Waals surface area contributed by atoms with E-state index in [0.29, 0.717) is 17.0 Å². The summed E-state index contributed by atoms with van der Waals surface area (Å²) in [7, 11) is 0. The zero-order valence-corrected chi connectivity index (χ0v) is 14.0. The van der Waals surface area contributed by atoms with Crippen molar-refractivity contribution >= 4 is 17.0 Å². The molecular formula is C19H23N3O2. The van der Waals surface area contributed by atoms with Crippen molar-refractivity contribution < 1.29 is 9.21 Å². The predicted octanol–water partition coefficient (Wildman–Crippen LogP) is 2.70. The molecule has 1 aromatic heterocycles. The van der Waals surface area contributed by atoms with Gasteiger partial charge in [0.2, 0.25) is 5.89 Å². The van der Waals surface area contributed by atoms with Crippen LogP contribution in [0, 0.1) is 5.92 Å². The van der Waals surface area contributed by atoms with E-state index in [4.69, 9.17) is 4.42 Å². The van der Waals surface area contributed by atoms with Crippen LogP contribution >= 0.6 is 0 Å². The third-order valence-electron chi connectivity index (χ3n) is 6.15. The first-order valence-electron chi connectivity index (χ1n) is 9.06. The molecule has 1 aromatic carbocycles. The second-order valence-electron chi connectivity index (χ2n) is 7.95. The van der Waals surface area contributed by atoms with Crippen molar-refractivity contribution in [1.82, 2.24) is 15.2 Å². The van der Waals surface area contributed by atoms with Crippen LogP contribution in [0.25, 0.3) is 11.1 Å². The van der Waals surface area contributed by atoms with Gasteiger partial charge in [-0.15, -0.1) is 0 Å². The molecule has 1 aliphatic carbocycles. The monoisotopic (exact) mass is 325 g/mol. The standard InChI is InChI=1S/C19H23N3O2/c1-19(7-8-19)18-21-16-13(3-2-4-15(16)24-18)17(23)20-14-11-22-9-5-12(14)6-10-22/h2-4,12,14H,5-11H2,1H3,(H,20,23). The average Bonchev–Trinajstić information content (AvgIpc) is 3.20.